The van der Waals surface area contributed by atoms with Gasteiger partial charge in [-0.05, 0) is 69.2 Å². The highest BCUT2D eigenvalue weighted by molar-refractivity contribution is 6.19. The third-order valence-corrected chi connectivity index (χ3v) is 8.26. The molecule has 5 rings (SSSR count). The van der Waals surface area contributed by atoms with Crippen LogP contribution in [0, 0.1) is 12.3 Å². The van der Waals surface area contributed by atoms with Crippen molar-refractivity contribution in [1.29, 1.82) is 0 Å². The van der Waals surface area contributed by atoms with E-state index in [0.717, 1.165) is 11.1 Å². The van der Waals surface area contributed by atoms with Gasteiger partial charge < -0.3 is 23.5 Å². The molecular weight excluding hydrogens is 574 g/mol. The summed E-state index contributed by atoms with van der Waals surface area (Å²) < 4.78 is 12.6. The molecule has 11 nitrogen and oxygen atoms in total. The molecule has 0 radical (unpaired) electrons. The zero-order chi connectivity index (χ0) is 32.5. The summed E-state index contributed by atoms with van der Waals surface area (Å²) in [5.41, 5.74) is 3.04. The van der Waals surface area contributed by atoms with Gasteiger partial charge in [0.05, 0.1) is 22.5 Å². The smallest absolute Gasteiger partial charge is 0.303 e. The largest absolute Gasteiger partial charge is 0.461 e. The van der Waals surface area contributed by atoms with E-state index in [1.807, 2.05) is 44.2 Å². The Labute approximate surface area is 262 Å². The fourth-order valence-electron chi connectivity index (χ4n) is 5.80. The van der Waals surface area contributed by atoms with E-state index >= 15 is 0 Å². The molecule has 0 fully saturated rings. The molecule has 45 heavy (non-hydrogen) atoms. The number of furan rings is 1. The molecule has 11 heteroatoms. The Morgan fingerprint density at radius 1 is 1.04 bits per heavy atom. The van der Waals surface area contributed by atoms with Crippen molar-refractivity contribution in [2.24, 2.45) is 5.41 Å². The molecule has 1 aliphatic rings. The minimum absolute atomic E-state index is 0.0533. The predicted octanol–water partition coefficient (Wildman–Crippen LogP) is 4.42. The van der Waals surface area contributed by atoms with Gasteiger partial charge in [-0.15, -0.1) is 0 Å². The van der Waals surface area contributed by atoms with Gasteiger partial charge in [0.15, 0.2) is 0 Å². The van der Waals surface area contributed by atoms with Crippen molar-refractivity contribution in [3.63, 3.8) is 0 Å². The number of hydrogen-bond acceptors (Lipinski definition) is 8. The predicted molar refractivity (Wildman–Crippen MR) is 171 cm³/mol. The van der Waals surface area contributed by atoms with E-state index < -0.39 is 5.41 Å². The molecule has 0 N–H and O–H groups in total. The zero-order valence-electron chi connectivity index (χ0n) is 26.6. The SMILES string of the molecule is CCN1C(=O)C(C)(C)C(=O)N(C)c2cc(CN(CCn3ccc4oc(C)cc4c3=O)Cc3cccnc3COC(C)=O)ccc21. The fraction of sp³-hybridized carbons (Fsp3) is 0.382. The van der Waals surface area contributed by atoms with Crippen LogP contribution in [0.3, 0.4) is 0 Å². The lowest BCUT2D eigenvalue weighted by molar-refractivity contribution is -0.142. The molecule has 0 saturated heterocycles. The lowest BCUT2D eigenvalue weighted by Crippen LogP contribution is -2.47. The van der Waals surface area contributed by atoms with Crippen LogP contribution in [-0.4, -0.2) is 52.4 Å². The summed E-state index contributed by atoms with van der Waals surface area (Å²) in [6.45, 7) is 10.7. The second-order valence-electron chi connectivity index (χ2n) is 11.9. The van der Waals surface area contributed by atoms with E-state index in [9.17, 15) is 19.2 Å². The maximum absolute atomic E-state index is 13.4. The Morgan fingerprint density at radius 2 is 1.82 bits per heavy atom. The number of pyridine rings is 2. The van der Waals surface area contributed by atoms with E-state index in [2.05, 4.69) is 9.88 Å². The third-order valence-electron chi connectivity index (χ3n) is 8.26. The lowest BCUT2D eigenvalue weighted by Gasteiger charge is -2.27. The van der Waals surface area contributed by atoms with Crippen LogP contribution in [-0.2, 0) is 45.4 Å². The Bertz CT molecular complexity index is 1820. The zero-order valence-corrected chi connectivity index (χ0v) is 26.6. The highest BCUT2D eigenvalue weighted by Gasteiger charge is 2.45. The number of hydrogen-bond donors (Lipinski definition) is 0. The quantitative estimate of drug-likeness (QED) is 0.191. The first-order chi connectivity index (χ1) is 21.4. The molecule has 1 aliphatic heterocycles. The average molecular weight is 614 g/mol. The number of carbonyl (C=O) groups is 3. The first-order valence-electron chi connectivity index (χ1n) is 15.0. The number of amides is 2. The van der Waals surface area contributed by atoms with E-state index in [1.54, 1.807) is 59.8 Å². The maximum atomic E-state index is 13.4. The second kappa shape index (κ2) is 12.7. The molecule has 0 atom stereocenters. The maximum Gasteiger partial charge on any atom is 0.303 e. The number of nitrogens with zero attached hydrogens (tertiary/aromatic N) is 5. The van der Waals surface area contributed by atoms with Crippen molar-refractivity contribution >= 4 is 40.1 Å². The minimum atomic E-state index is -1.20. The summed E-state index contributed by atoms with van der Waals surface area (Å²) in [4.78, 5) is 61.3. The highest BCUT2D eigenvalue weighted by Crippen LogP contribution is 2.39. The number of carbonyl (C=O) groups excluding carboxylic acids is 3. The van der Waals surface area contributed by atoms with Crippen LogP contribution in [0.15, 0.2) is 64.1 Å². The van der Waals surface area contributed by atoms with Gasteiger partial charge in [0.1, 0.15) is 23.4 Å². The molecule has 3 aromatic heterocycles. The molecule has 4 heterocycles. The lowest BCUT2D eigenvalue weighted by atomic mass is 9.90. The average Bonchev–Trinajstić information content (AvgIpc) is 3.39. The molecule has 0 spiro atoms. The molecular formula is C34H39N5O6. The Kier molecular flexibility index (Phi) is 8.92. The van der Waals surface area contributed by atoms with Crippen molar-refractivity contribution in [2.75, 3.05) is 29.9 Å². The van der Waals surface area contributed by atoms with Crippen LogP contribution in [0.1, 0.15) is 50.3 Å². The molecule has 0 aliphatic carbocycles. The number of anilines is 2. The summed E-state index contributed by atoms with van der Waals surface area (Å²) in [7, 11) is 1.70. The number of esters is 1. The van der Waals surface area contributed by atoms with Crippen molar-refractivity contribution < 1.29 is 23.5 Å². The molecule has 236 valence electrons. The van der Waals surface area contributed by atoms with Crippen LogP contribution in [0.2, 0.25) is 0 Å². The van der Waals surface area contributed by atoms with Gasteiger partial charge in [-0.25, -0.2) is 0 Å². The number of benzene rings is 1. The minimum Gasteiger partial charge on any atom is -0.461 e. The van der Waals surface area contributed by atoms with Gasteiger partial charge in [0, 0.05) is 59.1 Å². The van der Waals surface area contributed by atoms with Crippen molar-refractivity contribution in [1.82, 2.24) is 14.5 Å². The molecule has 4 aromatic rings. The monoisotopic (exact) mass is 613 g/mol. The summed E-state index contributed by atoms with van der Waals surface area (Å²) in [6, 6.07) is 13.1. The first kappa shape index (κ1) is 31.6. The molecule has 0 unspecified atom stereocenters. The molecule has 0 saturated carbocycles. The molecule has 0 bridgehead atoms. The summed E-state index contributed by atoms with van der Waals surface area (Å²) >= 11 is 0. The topological polar surface area (TPSA) is 118 Å². The van der Waals surface area contributed by atoms with Gasteiger partial charge in [0.25, 0.3) is 5.56 Å². The van der Waals surface area contributed by atoms with Crippen LogP contribution in [0.5, 0.6) is 0 Å². The summed E-state index contributed by atoms with van der Waals surface area (Å²) in [5, 5.41) is 0.536. The molecule has 2 amide bonds. The van der Waals surface area contributed by atoms with Crippen LogP contribution < -0.4 is 15.4 Å². The van der Waals surface area contributed by atoms with Gasteiger partial charge in [-0.2, -0.15) is 0 Å². The number of fused-ring (bicyclic) bond motifs is 2. The fourth-order valence-corrected chi connectivity index (χ4v) is 5.80. The van der Waals surface area contributed by atoms with Crippen molar-refractivity contribution in [3.05, 3.63) is 87.8 Å². The van der Waals surface area contributed by atoms with E-state index in [1.165, 1.54) is 6.92 Å². The van der Waals surface area contributed by atoms with Crippen molar-refractivity contribution in [2.45, 2.75) is 60.9 Å². The van der Waals surface area contributed by atoms with Crippen LogP contribution >= 0.6 is 0 Å². The van der Waals surface area contributed by atoms with E-state index in [0.29, 0.717) is 66.5 Å². The third kappa shape index (κ3) is 6.39. The summed E-state index contributed by atoms with van der Waals surface area (Å²) in [5.74, 6) is -0.216. The summed E-state index contributed by atoms with van der Waals surface area (Å²) in [6.07, 6.45) is 3.40. The normalized spacial score (nSPS) is 14.6. The van der Waals surface area contributed by atoms with Gasteiger partial charge in [0.2, 0.25) is 11.8 Å². The second-order valence-corrected chi connectivity index (χ2v) is 11.9. The van der Waals surface area contributed by atoms with E-state index in [-0.39, 0.29) is 29.9 Å². The Morgan fingerprint density at radius 3 is 2.56 bits per heavy atom. The number of aryl methyl sites for hydroxylation is 1. The number of rotatable bonds is 10. The van der Waals surface area contributed by atoms with E-state index in [4.69, 9.17) is 9.15 Å². The van der Waals surface area contributed by atoms with Crippen LogP contribution in [0.4, 0.5) is 11.4 Å². The van der Waals surface area contributed by atoms with Gasteiger partial charge in [-0.3, -0.25) is 29.1 Å². The van der Waals surface area contributed by atoms with Crippen LogP contribution in [0.25, 0.3) is 11.0 Å². The Balaban J connectivity index is 1.48. The molecule has 1 aromatic carbocycles. The first-order valence-corrected chi connectivity index (χ1v) is 15.0. The number of aromatic nitrogens is 2. The van der Waals surface area contributed by atoms with Gasteiger partial charge >= 0.3 is 5.97 Å². The standard InChI is InChI=1S/C34H39N5O6/c1-7-39-28-11-10-24(18-29(28)36(6)32(42)34(4,5)33(39)43)19-37(20-25-9-8-13-35-27(25)21-44-23(3)40)15-16-38-14-12-30-26(31(38)41)17-22(2)45-30/h8-14,17-18H,7,15-16,19-21H2,1-6H3. The number of ether oxygens (including phenoxy) is 1. The van der Waals surface area contributed by atoms with Crippen molar-refractivity contribution in [3.8, 4) is 0 Å². The Hall–Kier alpha value is -4.77. The highest BCUT2D eigenvalue weighted by atomic mass is 16.5. The van der Waals surface area contributed by atoms with Gasteiger partial charge in [-0.1, -0.05) is 12.1 Å².